The topological polar surface area (TPSA) is 77.5 Å². The second-order valence-corrected chi connectivity index (χ2v) is 4.97. The number of sulfonamides is 1. The normalized spacial score (nSPS) is 12.2. The maximum Gasteiger partial charge on any atom is 0.257 e. The number of nitrogens with zero attached hydrogens (tertiary/aromatic N) is 2. The zero-order valence-electron chi connectivity index (χ0n) is 7.81. The van der Waals surface area contributed by atoms with Crippen LogP contribution >= 0.6 is 11.6 Å². The highest BCUT2D eigenvalue weighted by atomic mass is 35.5. The van der Waals surface area contributed by atoms with E-state index in [2.05, 4.69) is 4.98 Å². The number of imidazole rings is 1. The monoisotopic (exact) mass is 245 g/mol. The molecule has 0 saturated heterocycles. The van der Waals surface area contributed by atoms with Crippen LogP contribution in [-0.2, 0) is 10.0 Å². The first kappa shape index (κ1) is 10.4. The Labute approximate surface area is 91.5 Å². The Morgan fingerprint density at radius 2 is 2.20 bits per heavy atom. The first-order valence-corrected chi connectivity index (χ1v) is 5.99. The highest BCUT2D eigenvalue weighted by molar-refractivity contribution is 7.89. The molecule has 2 aromatic rings. The highest BCUT2D eigenvalue weighted by Crippen LogP contribution is 2.22. The van der Waals surface area contributed by atoms with Gasteiger partial charge in [-0.1, -0.05) is 17.7 Å². The van der Waals surface area contributed by atoms with Gasteiger partial charge in [0.1, 0.15) is 5.65 Å². The molecule has 5 nitrogen and oxygen atoms in total. The average molecular weight is 246 g/mol. The lowest BCUT2D eigenvalue weighted by molar-refractivity contribution is 0.593. The summed E-state index contributed by atoms with van der Waals surface area (Å²) in [7, 11) is -3.86. The summed E-state index contributed by atoms with van der Waals surface area (Å²) in [6.45, 7) is 1.81. The largest absolute Gasteiger partial charge is 0.288 e. The van der Waals surface area contributed by atoms with Crippen LogP contribution in [-0.4, -0.2) is 17.8 Å². The Balaban J connectivity index is 2.99. The molecule has 0 aromatic carbocycles. The van der Waals surface area contributed by atoms with Gasteiger partial charge in [0.05, 0.1) is 0 Å². The second-order valence-electron chi connectivity index (χ2n) is 3.14. The number of pyridine rings is 1. The van der Waals surface area contributed by atoms with E-state index in [4.69, 9.17) is 16.7 Å². The Morgan fingerprint density at radius 3 is 2.80 bits per heavy atom. The summed E-state index contributed by atoms with van der Waals surface area (Å²) in [6.07, 6.45) is 1.56. The van der Waals surface area contributed by atoms with Crippen LogP contribution < -0.4 is 5.14 Å². The lowest BCUT2D eigenvalue weighted by atomic mass is 10.3. The summed E-state index contributed by atoms with van der Waals surface area (Å²) in [4.78, 5) is 3.95. The van der Waals surface area contributed by atoms with Gasteiger partial charge in [0, 0.05) is 6.20 Å². The van der Waals surface area contributed by atoms with Crippen LogP contribution in [0, 0.1) is 6.92 Å². The van der Waals surface area contributed by atoms with Crippen molar-refractivity contribution in [1.82, 2.24) is 9.38 Å². The third-order valence-corrected chi connectivity index (χ3v) is 3.34. The molecule has 0 fully saturated rings. The molecule has 15 heavy (non-hydrogen) atoms. The minimum absolute atomic E-state index is 0.105. The molecule has 0 bridgehead atoms. The summed E-state index contributed by atoms with van der Waals surface area (Å²) >= 11 is 5.73. The van der Waals surface area contributed by atoms with E-state index in [9.17, 15) is 8.42 Å². The molecule has 80 valence electrons. The van der Waals surface area contributed by atoms with Gasteiger partial charge in [0.25, 0.3) is 10.0 Å². The van der Waals surface area contributed by atoms with Crippen molar-refractivity contribution < 1.29 is 8.42 Å². The van der Waals surface area contributed by atoms with E-state index in [-0.39, 0.29) is 10.2 Å². The smallest absolute Gasteiger partial charge is 0.257 e. The molecule has 0 aliphatic carbocycles. The molecule has 0 spiro atoms. The summed E-state index contributed by atoms with van der Waals surface area (Å²) in [6, 6.07) is 3.51. The summed E-state index contributed by atoms with van der Waals surface area (Å²) in [5.41, 5.74) is 1.32. The molecular formula is C8H8ClN3O2S. The Hall–Kier alpha value is -1.11. The number of hydrogen-bond donors (Lipinski definition) is 1. The first-order chi connectivity index (χ1) is 6.91. The van der Waals surface area contributed by atoms with Crippen molar-refractivity contribution >= 4 is 27.3 Å². The molecule has 0 aliphatic heterocycles. The van der Waals surface area contributed by atoms with Gasteiger partial charge in [-0.25, -0.2) is 18.5 Å². The van der Waals surface area contributed by atoms with E-state index in [1.807, 2.05) is 13.0 Å². The minimum Gasteiger partial charge on any atom is -0.288 e. The van der Waals surface area contributed by atoms with Gasteiger partial charge in [0.2, 0.25) is 0 Å². The molecular weight excluding hydrogens is 238 g/mol. The number of rotatable bonds is 1. The number of halogens is 1. The number of fused-ring (bicyclic) bond motifs is 1. The van der Waals surface area contributed by atoms with Crippen LogP contribution in [0.2, 0.25) is 5.15 Å². The number of aryl methyl sites for hydroxylation is 1. The number of primary sulfonamides is 1. The van der Waals surface area contributed by atoms with Crippen molar-refractivity contribution in [2.75, 3.05) is 0 Å². The Morgan fingerprint density at radius 1 is 1.53 bits per heavy atom. The van der Waals surface area contributed by atoms with E-state index < -0.39 is 10.0 Å². The van der Waals surface area contributed by atoms with Gasteiger partial charge in [-0.15, -0.1) is 0 Å². The number of hydrogen-bond acceptors (Lipinski definition) is 3. The van der Waals surface area contributed by atoms with Crippen molar-refractivity contribution in [3.05, 3.63) is 29.0 Å². The van der Waals surface area contributed by atoms with Gasteiger partial charge < -0.3 is 0 Å². The van der Waals surface area contributed by atoms with Crippen LogP contribution in [0.1, 0.15) is 5.56 Å². The SMILES string of the molecule is Cc1cccn2c(S(N)(=O)=O)c(Cl)nc12. The predicted octanol–water partition coefficient (Wildman–Crippen LogP) is 0.944. The Kier molecular flexibility index (Phi) is 2.22. The van der Waals surface area contributed by atoms with Gasteiger partial charge in [-0.2, -0.15) is 0 Å². The summed E-state index contributed by atoms with van der Waals surface area (Å²) < 4.78 is 23.9. The highest BCUT2D eigenvalue weighted by Gasteiger charge is 2.20. The van der Waals surface area contributed by atoms with Crippen LogP contribution in [0.5, 0.6) is 0 Å². The third-order valence-electron chi connectivity index (χ3n) is 2.03. The molecule has 0 atom stereocenters. The van der Waals surface area contributed by atoms with Crippen molar-refractivity contribution in [1.29, 1.82) is 0 Å². The standard InChI is InChI=1S/C8H8ClN3O2S/c1-5-3-2-4-12-7(5)11-6(9)8(12)15(10,13)14/h2-4H,1H3,(H2,10,13,14). The zero-order valence-corrected chi connectivity index (χ0v) is 9.38. The van der Waals surface area contributed by atoms with Crippen LogP contribution in [0.3, 0.4) is 0 Å². The molecule has 0 unspecified atom stereocenters. The van der Waals surface area contributed by atoms with Gasteiger partial charge in [0.15, 0.2) is 10.2 Å². The molecule has 7 heteroatoms. The molecule has 0 amide bonds. The van der Waals surface area contributed by atoms with Crippen molar-refractivity contribution in [2.45, 2.75) is 11.9 Å². The molecule has 2 aromatic heterocycles. The van der Waals surface area contributed by atoms with Crippen LogP contribution in [0.15, 0.2) is 23.4 Å². The molecule has 0 saturated carbocycles. The molecule has 0 aliphatic rings. The fraction of sp³-hybridized carbons (Fsp3) is 0.125. The molecule has 2 heterocycles. The maximum atomic E-state index is 11.3. The van der Waals surface area contributed by atoms with E-state index in [0.29, 0.717) is 5.65 Å². The van der Waals surface area contributed by atoms with Gasteiger partial charge in [-0.3, -0.25) is 4.40 Å². The predicted molar refractivity (Wildman–Crippen MR) is 56.3 cm³/mol. The average Bonchev–Trinajstić information content (AvgIpc) is 2.41. The summed E-state index contributed by atoms with van der Waals surface area (Å²) in [5, 5.41) is 4.76. The van der Waals surface area contributed by atoms with E-state index in [1.165, 1.54) is 4.40 Å². The van der Waals surface area contributed by atoms with Crippen LogP contribution in [0.4, 0.5) is 0 Å². The van der Waals surface area contributed by atoms with Crippen molar-refractivity contribution in [3.63, 3.8) is 0 Å². The molecule has 0 radical (unpaired) electrons. The van der Waals surface area contributed by atoms with E-state index in [0.717, 1.165) is 5.56 Å². The van der Waals surface area contributed by atoms with E-state index in [1.54, 1.807) is 12.3 Å². The summed E-state index contributed by atoms with van der Waals surface area (Å²) in [5.74, 6) is 0. The maximum absolute atomic E-state index is 11.3. The fourth-order valence-corrected chi connectivity index (χ4v) is 2.60. The van der Waals surface area contributed by atoms with Gasteiger partial charge in [-0.05, 0) is 18.6 Å². The lowest BCUT2D eigenvalue weighted by Crippen LogP contribution is -2.15. The zero-order chi connectivity index (χ0) is 11.2. The molecule has 2 rings (SSSR count). The number of nitrogens with two attached hydrogens (primary N) is 1. The van der Waals surface area contributed by atoms with Crippen molar-refractivity contribution in [3.8, 4) is 0 Å². The lowest BCUT2D eigenvalue weighted by Gasteiger charge is -1.99. The first-order valence-electron chi connectivity index (χ1n) is 4.07. The fourth-order valence-electron chi connectivity index (χ4n) is 1.41. The third kappa shape index (κ3) is 1.60. The quantitative estimate of drug-likeness (QED) is 0.812. The Bertz CT molecular complexity index is 633. The van der Waals surface area contributed by atoms with Crippen LogP contribution in [0.25, 0.3) is 5.65 Å². The van der Waals surface area contributed by atoms with Gasteiger partial charge >= 0.3 is 0 Å². The molecule has 2 N–H and O–H groups in total. The number of aromatic nitrogens is 2. The van der Waals surface area contributed by atoms with Crippen molar-refractivity contribution in [2.24, 2.45) is 5.14 Å². The van der Waals surface area contributed by atoms with E-state index >= 15 is 0 Å². The second kappa shape index (κ2) is 3.19. The minimum atomic E-state index is -3.86.